The fourth-order valence-corrected chi connectivity index (χ4v) is 2.31. The highest BCUT2D eigenvalue weighted by Crippen LogP contribution is 2.22. The number of methoxy groups -OCH3 is 1. The number of ether oxygens (including phenoxy) is 1. The molecule has 0 saturated carbocycles. The zero-order valence-electron chi connectivity index (χ0n) is 9.25. The molecule has 0 unspecified atom stereocenters. The van der Waals surface area contributed by atoms with Crippen LogP contribution in [-0.2, 0) is 4.74 Å². The molecule has 1 rings (SSSR count). The summed E-state index contributed by atoms with van der Waals surface area (Å²) in [6.45, 7) is 6.80. The smallest absolute Gasteiger partial charge is 0.0474 e. The van der Waals surface area contributed by atoms with E-state index in [1.54, 1.807) is 7.11 Å². The maximum absolute atomic E-state index is 5.08. The molecule has 1 heterocycles. The lowest BCUT2D eigenvalue weighted by atomic mass is 9.97. The summed E-state index contributed by atoms with van der Waals surface area (Å²) >= 11 is 0. The Balaban J connectivity index is 2.26. The molecule has 13 heavy (non-hydrogen) atoms. The van der Waals surface area contributed by atoms with Crippen molar-refractivity contribution in [3.05, 3.63) is 0 Å². The molecule has 2 heteroatoms. The molecule has 0 aromatic carbocycles. The van der Waals surface area contributed by atoms with Gasteiger partial charge in [0.25, 0.3) is 0 Å². The molecule has 0 bridgehead atoms. The molecule has 2 nitrogen and oxygen atoms in total. The second-order valence-electron chi connectivity index (χ2n) is 4.21. The van der Waals surface area contributed by atoms with Gasteiger partial charge in [-0.2, -0.15) is 0 Å². The molecule has 0 radical (unpaired) electrons. The van der Waals surface area contributed by atoms with Crippen molar-refractivity contribution in [1.82, 2.24) is 4.90 Å². The van der Waals surface area contributed by atoms with Crippen LogP contribution in [-0.4, -0.2) is 37.2 Å². The molecule has 78 valence electrons. The summed E-state index contributed by atoms with van der Waals surface area (Å²) in [5, 5.41) is 0. The predicted octanol–water partition coefficient (Wildman–Crippen LogP) is 2.29. The molecule has 0 amide bonds. The average Bonchev–Trinajstić information content (AvgIpc) is 2.10. The lowest BCUT2D eigenvalue weighted by Gasteiger charge is -2.39. The zero-order valence-corrected chi connectivity index (χ0v) is 9.25. The summed E-state index contributed by atoms with van der Waals surface area (Å²) in [5.41, 5.74) is 0. The van der Waals surface area contributed by atoms with Crippen molar-refractivity contribution in [3.8, 4) is 0 Å². The number of nitrogens with zero attached hydrogens (tertiary/aromatic N) is 1. The van der Waals surface area contributed by atoms with Crippen LogP contribution in [0.15, 0.2) is 0 Å². The highest BCUT2D eigenvalue weighted by atomic mass is 16.5. The van der Waals surface area contributed by atoms with E-state index >= 15 is 0 Å². The van der Waals surface area contributed by atoms with E-state index in [-0.39, 0.29) is 0 Å². The van der Waals surface area contributed by atoms with E-state index in [9.17, 15) is 0 Å². The molecule has 1 aliphatic rings. The predicted molar refractivity (Wildman–Crippen MR) is 56.0 cm³/mol. The molecule has 1 saturated heterocycles. The SMILES string of the molecule is COCCCN1[C@H](C)CCC[C@@H]1C. The van der Waals surface area contributed by atoms with Crippen LogP contribution in [0.3, 0.4) is 0 Å². The summed E-state index contributed by atoms with van der Waals surface area (Å²) in [6.07, 6.45) is 5.32. The van der Waals surface area contributed by atoms with Gasteiger partial charge in [-0.25, -0.2) is 0 Å². The number of hydrogen-bond donors (Lipinski definition) is 0. The van der Waals surface area contributed by atoms with Crippen molar-refractivity contribution < 1.29 is 4.74 Å². The number of hydrogen-bond acceptors (Lipinski definition) is 2. The zero-order chi connectivity index (χ0) is 9.68. The first kappa shape index (κ1) is 11.0. The lowest BCUT2D eigenvalue weighted by Crippen LogP contribution is -2.44. The van der Waals surface area contributed by atoms with E-state index in [2.05, 4.69) is 18.7 Å². The van der Waals surface area contributed by atoms with Gasteiger partial charge >= 0.3 is 0 Å². The van der Waals surface area contributed by atoms with Gasteiger partial charge in [-0.15, -0.1) is 0 Å². The van der Waals surface area contributed by atoms with Gasteiger partial charge in [0.05, 0.1) is 0 Å². The minimum Gasteiger partial charge on any atom is -0.385 e. The molecule has 0 aliphatic carbocycles. The van der Waals surface area contributed by atoms with Gasteiger partial charge in [0.15, 0.2) is 0 Å². The van der Waals surface area contributed by atoms with E-state index in [0.717, 1.165) is 18.7 Å². The number of piperidine rings is 1. The summed E-state index contributed by atoms with van der Waals surface area (Å²) in [6, 6.07) is 1.56. The summed E-state index contributed by atoms with van der Waals surface area (Å²) in [4.78, 5) is 2.63. The fourth-order valence-electron chi connectivity index (χ4n) is 2.31. The Morgan fingerprint density at radius 1 is 1.23 bits per heavy atom. The van der Waals surface area contributed by atoms with Gasteiger partial charge in [-0.1, -0.05) is 6.42 Å². The Bertz CT molecular complexity index is 128. The minimum atomic E-state index is 0.778. The van der Waals surface area contributed by atoms with E-state index < -0.39 is 0 Å². The van der Waals surface area contributed by atoms with Crippen molar-refractivity contribution >= 4 is 0 Å². The van der Waals surface area contributed by atoms with Gasteiger partial charge in [0, 0.05) is 32.3 Å². The first-order valence-electron chi connectivity index (χ1n) is 5.50. The molecule has 1 aliphatic heterocycles. The monoisotopic (exact) mass is 185 g/mol. The van der Waals surface area contributed by atoms with Crippen LogP contribution in [0.1, 0.15) is 39.5 Å². The topological polar surface area (TPSA) is 12.5 Å². The van der Waals surface area contributed by atoms with Crippen LogP contribution >= 0.6 is 0 Å². The van der Waals surface area contributed by atoms with Crippen LogP contribution in [0.4, 0.5) is 0 Å². The molecule has 0 spiro atoms. The summed E-state index contributed by atoms with van der Waals surface area (Å²) in [7, 11) is 1.78. The third kappa shape index (κ3) is 3.28. The molecular formula is C11H23NO. The first-order chi connectivity index (χ1) is 6.25. The molecule has 2 atom stereocenters. The van der Waals surface area contributed by atoms with Gasteiger partial charge < -0.3 is 4.74 Å². The van der Waals surface area contributed by atoms with Crippen LogP contribution in [0.2, 0.25) is 0 Å². The van der Waals surface area contributed by atoms with Crippen LogP contribution in [0.25, 0.3) is 0 Å². The van der Waals surface area contributed by atoms with Crippen molar-refractivity contribution in [2.24, 2.45) is 0 Å². The Hall–Kier alpha value is -0.0800. The molecule has 0 aromatic rings. The number of rotatable bonds is 4. The standard InChI is InChI=1S/C11H23NO/c1-10-6-4-7-11(2)12(10)8-5-9-13-3/h10-11H,4-9H2,1-3H3/t10-,11+. The van der Waals surface area contributed by atoms with Crippen molar-refractivity contribution in [1.29, 1.82) is 0 Å². The number of likely N-dealkylation sites (tertiary alicyclic amines) is 1. The molecule has 1 fully saturated rings. The van der Waals surface area contributed by atoms with Gasteiger partial charge in [0.1, 0.15) is 0 Å². The minimum absolute atomic E-state index is 0.778. The summed E-state index contributed by atoms with van der Waals surface area (Å²) in [5.74, 6) is 0. The average molecular weight is 185 g/mol. The molecule has 0 N–H and O–H groups in total. The van der Waals surface area contributed by atoms with Crippen molar-refractivity contribution in [3.63, 3.8) is 0 Å². The molecular weight excluding hydrogens is 162 g/mol. The fraction of sp³-hybridized carbons (Fsp3) is 1.00. The van der Waals surface area contributed by atoms with Crippen LogP contribution in [0.5, 0.6) is 0 Å². The Kier molecular flexibility index (Phi) is 4.74. The van der Waals surface area contributed by atoms with Crippen LogP contribution in [0, 0.1) is 0 Å². The maximum Gasteiger partial charge on any atom is 0.0474 e. The normalized spacial score (nSPS) is 30.7. The Morgan fingerprint density at radius 2 is 1.85 bits per heavy atom. The van der Waals surface area contributed by atoms with Crippen molar-refractivity contribution in [2.75, 3.05) is 20.3 Å². The van der Waals surface area contributed by atoms with E-state index in [1.165, 1.54) is 32.2 Å². The highest BCUT2D eigenvalue weighted by Gasteiger charge is 2.23. The third-order valence-electron chi connectivity index (χ3n) is 3.14. The molecule has 0 aromatic heterocycles. The Morgan fingerprint density at radius 3 is 2.38 bits per heavy atom. The van der Waals surface area contributed by atoms with Crippen molar-refractivity contribution in [2.45, 2.75) is 51.6 Å². The Labute approximate surface area is 82.3 Å². The third-order valence-corrected chi connectivity index (χ3v) is 3.14. The lowest BCUT2D eigenvalue weighted by molar-refractivity contribution is 0.0880. The second kappa shape index (κ2) is 5.61. The quantitative estimate of drug-likeness (QED) is 0.623. The van der Waals surface area contributed by atoms with Gasteiger partial charge in [-0.05, 0) is 33.1 Å². The first-order valence-corrected chi connectivity index (χ1v) is 5.50. The second-order valence-corrected chi connectivity index (χ2v) is 4.21. The van der Waals surface area contributed by atoms with E-state index in [1.807, 2.05) is 0 Å². The van der Waals surface area contributed by atoms with Crippen LogP contribution < -0.4 is 0 Å². The van der Waals surface area contributed by atoms with E-state index in [4.69, 9.17) is 4.74 Å². The van der Waals surface area contributed by atoms with E-state index in [0.29, 0.717) is 0 Å². The highest BCUT2D eigenvalue weighted by molar-refractivity contribution is 4.79. The largest absolute Gasteiger partial charge is 0.385 e. The maximum atomic E-state index is 5.08. The van der Waals surface area contributed by atoms with Gasteiger partial charge in [0.2, 0.25) is 0 Å². The van der Waals surface area contributed by atoms with Gasteiger partial charge in [-0.3, -0.25) is 4.90 Å². The summed E-state index contributed by atoms with van der Waals surface area (Å²) < 4.78 is 5.08.